The zero-order chi connectivity index (χ0) is 7.56. The Morgan fingerprint density at radius 3 is 2.70 bits per heavy atom. The SMILES string of the molecule is NNC(=O)C1CCC(O)C1. The molecule has 1 amide bonds. The largest absolute Gasteiger partial charge is 0.393 e. The third-order valence-electron chi connectivity index (χ3n) is 1.92. The second-order valence-corrected chi connectivity index (χ2v) is 2.67. The van der Waals surface area contributed by atoms with E-state index in [1.807, 2.05) is 0 Å². The van der Waals surface area contributed by atoms with Crippen molar-refractivity contribution >= 4 is 5.91 Å². The summed E-state index contributed by atoms with van der Waals surface area (Å²) in [4.78, 5) is 10.8. The molecule has 0 bridgehead atoms. The van der Waals surface area contributed by atoms with Gasteiger partial charge in [-0.2, -0.15) is 0 Å². The Labute approximate surface area is 59.4 Å². The predicted molar refractivity (Wildman–Crippen MR) is 35.7 cm³/mol. The molecular formula is C6H12N2O2. The number of nitrogens with one attached hydrogen (secondary N) is 1. The van der Waals surface area contributed by atoms with Crippen LogP contribution in [0.5, 0.6) is 0 Å². The number of carbonyl (C=O) groups is 1. The van der Waals surface area contributed by atoms with E-state index >= 15 is 0 Å². The fourth-order valence-corrected chi connectivity index (χ4v) is 1.31. The van der Waals surface area contributed by atoms with E-state index in [1.165, 1.54) is 0 Å². The lowest BCUT2D eigenvalue weighted by Gasteiger charge is -2.05. The summed E-state index contributed by atoms with van der Waals surface area (Å²) in [5, 5.41) is 9.02. The molecule has 4 nitrogen and oxygen atoms in total. The molecule has 4 heteroatoms. The van der Waals surface area contributed by atoms with Crippen molar-refractivity contribution in [3.05, 3.63) is 0 Å². The molecule has 1 aliphatic carbocycles. The van der Waals surface area contributed by atoms with E-state index < -0.39 is 0 Å². The van der Waals surface area contributed by atoms with Crippen molar-refractivity contribution in [1.29, 1.82) is 0 Å². The van der Waals surface area contributed by atoms with Gasteiger partial charge >= 0.3 is 0 Å². The molecule has 1 rings (SSSR count). The van der Waals surface area contributed by atoms with Gasteiger partial charge in [-0.3, -0.25) is 10.2 Å². The second-order valence-electron chi connectivity index (χ2n) is 2.67. The molecule has 1 aliphatic rings. The van der Waals surface area contributed by atoms with Gasteiger partial charge in [0.05, 0.1) is 6.10 Å². The standard InChI is InChI=1S/C6H12N2O2/c7-8-6(10)4-1-2-5(9)3-4/h4-5,9H,1-3,7H2,(H,8,10). The number of aliphatic hydroxyl groups excluding tert-OH is 1. The van der Waals surface area contributed by atoms with E-state index in [2.05, 4.69) is 5.43 Å². The lowest BCUT2D eigenvalue weighted by molar-refractivity contribution is -0.125. The molecule has 0 saturated heterocycles. The first-order chi connectivity index (χ1) is 4.74. The Morgan fingerprint density at radius 1 is 1.60 bits per heavy atom. The third kappa shape index (κ3) is 1.46. The number of nitrogens with two attached hydrogens (primary N) is 1. The van der Waals surface area contributed by atoms with Crippen molar-refractivity contribution in [3.63, 3.8) is 0 Å². The average Bonchev–Trinajstić information content (AvgIpc) is 2.34. The molecule has 0 aromatic carbocycles. The summed E-state index contributed by atoms with van der Waals surface area (Å²) in [6, 6.07) is 0. The van der Waals surface area contributed by atoms with Crippen molar-refractivity contribution in [1.82, 2.24) is 5.43 Å². The lowest BCUT2D eigenvalue weighted by atomic mass is 10.1. The Bertz CT molecular complexity index is 138. The molecule has 0 aliphatic heterocycles. The van der Waals surface area contributed by atoms with Gasteiger partial charge in [-0.25, -0.2) is 5.84 Å². The van der Waals surface area contributed by atoms with Gasteiger partial charge in [-0.05, 0) is 19.3 Å². The second kappa shape index (κ2) is 2.98. The Morgan fingerprint density at radius 2 is 2.30 bits per heavy atom. The van der Waals surface area contributed by atoms with E-state index in [0.717, 1.165) is 12.8 Å². The topological polar surface area (TPSA) is 75.3 Å². The maximum absolute atomic E-state index is 10.8. The maximum Gasteiger partial charge on any atom is 0.237 e. The summed E-state index contributed by atoms with van der Waals surface area (Å²) in [5.74, 6) is 4.69. The monoisotopic (exact) mass is 144 g/mol. The first-order valence-corrected chi connectivity index (χ1v) is 3.42. The van der Waals surface area contributed by atoms with Crippen molar-refractivity contribution in [2.75, 3.05) is 0 Å². The van der Waals surface area contributed by atoms with Gasteiger partial charge in [-0.1, -0.05) is 0 Å². The van der Waals surface area contributed by atoms with Crippen molar-refractivity contribution in [3.8, 4) is 0 Å². The molecule has 0 spiro atoms. The molecule has 58 valence electrons. The minimum Gasteiger partial charge on any atom is -0.393 e. The van der Waals surface area contributed by atoms with Crippen LogP contribution in [0, 0.1) is 5.92 Å². The van der Waals surface area contributed by atoms with Gasteiger partial charge in [0.25, 0.3) is 0 Å². The first kappa shape index (κ1) is 7.50. The number of hydrogen-bond acceptors (Lipinski definition) is 3. The first-order valence-electron chi connectivity index (χ1n) is 3.42. The summed E-state index contributed by atoms with van der Waals surface area (Å²) in [5.41, 5.74) is 2.08. The number of amides is 1. The van der Waals surface area contributed by atoms with Crippen LogP contribution in [0.4, 0.5) is 0 Å². The Kier molecular flexibility index (Phi) is 2.24. The summed E-state index contributed by atoms with van der Waals surface area (Å²) in [6.45, 7) is 0. The van der Waals surface area contributed by atoms with Crippen molar-refractivity contribution < 1.29 is 9.90 Å². The molecule has 1 saturated carbocycles. The molecule has 1 fully saturated rings. The fraction of sp³-hybridized carbons (Fsp3) is 0.833. The quantitative estimate of drug-likeness (QED) is 0.254. The van der Waals surface area contributed by atoms with Crippen LogP contribution in [0.15, 0.2) is 0 Å². The van der Waals surface area contributed by atoms with Crippen molar-refractivity contribution in [2.24, 2.45) is 11.8 Å². The van der Waals surface area contributed by atoms with Crippen LogP contribution in [0.25, 0.3) is 0 Å². The van der Waals surface area contributed by atoms with Crippen LogP contribution in [0.2, 0.25) is 0 Å². The predicted octanol–water partition coefficient (Wildman–Crippen LogP) is -0.863. The van der Waals surface area contributed by atoms with E-state index in [1.54, 1.807) is 0 Å². The van der Waals surface area contributed by atoms with Gasteiger partial charge in [0.15, 0.2) is 0 Å². The number of hydrogen-bond donors (Lipinski definition) is 3. The van der Waals surface area contributed by atoms with Crippen LogP contribution in [-0.2, 0) is 4.79 Å². The Hall–Kier alpha value is -0.610. The minimum absolute atomic E-state index is 0.0694. The number of carbonyl (C=O) groups excluding carboxylic acids is 1. The zero-order valence-corrected chi connectivity index (χ0v) is 5.71. The van der Waals surface area contributed by atoms with Crippen LogP contribution < -0.4 is 11.3 Å². The van der Waals surface area contributed by atoms with Crippen LogP contribution >= 0.6 is 0 Å². The number of hydrazine groups is 1. The highest BCUT2D eigenvalue weighted by atomic mass is 16.3. The molecule has 2 unspecified atom stereocenters. The average molecular weight is 144 g/mol. The van der Waals surface area contributed by atoms with Gasteiger partial charge in [0, 0.05) is 5.92 Å². The summed E-state index contributed by atoms with van der Waals surface area (Å²) in [6.07, 6.45) is 1.73. The van der Waals surface area contributed by atoms with Crippen molar-refractivity contribution in [2.45, 2.75) is 25.4 Å². The van der Waals surface area contributed by atoms with E-state index in [0.29, 0.717) is 6.42 Å². The molecule has 0 aromatic rings. The maximum atomic E-state index is 10.8. The minimum atomic E-state index is -0.303. The van der Waals surface area contributed by atoms with Crippen LogP contribution in [-0.4, -0.2) is 17.1 Å². The molecule has 2 atom stereocenters. The highest BCUT2D eigenvalue weighted by molar-refractivity contribution is 5.78. The van der Waals surface area contributed by atoms with Crippen LogP contribution in [0.1, 0.15) is 19.3 Å². The van der Waals surface area contributed by atoms with E-state index in [-0.39, 0.29) is 17.9 Å². The molecule has 0 aromatic heterocycles. The summed E-state index contributed by atoms with van der Waals surface area (Å²) in [7, 11) is 0. The number of aliphatic hydroxyl groups is 1. The molecular weight excluding hydrogens is 132 g/mol. The van der Waals surface area contributed by atoms with Gasteiger partial charge in [0.1, 0.15) is 0 Å². The normalized spacial score (nSPS) is 32.2. The third-order valence-corrected chi connectivity index (χ3v) is 1.92. The van der Waals surface area contributed by atoms with E-state index in [9.17, 15) is 4.79 Å². The summed E-state index contributed by atoms with van der Waals surface area (Å²) < 4.78 is 0. The highest BCUT2D eigenvalue weighted by Crippen LogP contribution is 2.24. The number of rotatable bonds is 1. The molecule has 0 heterocycles. The lowest BCUT2D eigenvalue weighted by Crippen LogP contribution is -2.35. The van der Waals surface area contributed by atoms with Crippen LogP contribution in [0.3, 0.4) is 0 Å². The van der Waals surface area contributed by atoms with E-state index in [4.69, 9.17) is 10.9 Å². The fourth-order valence-electron chi connectivity index (χ4n) is 1.31. The molecule has 0 radical (unpaired) electrons. The van der Waals surface area contributed by atoms with Gasteiger partial charge < -0.3 is 5.11 Å². The van der Waals surface area contributed by atoms with Gasteiger partial charge in [-0.15, -0.1) is 0 Å². The molecule has 4 N–H and O–H groups in total. The molecule has 10 heavy (non-hydrogen) atoms. The summed E-state index contributed by atoms with van der Waals surface area (Å²) >= 11 is 0. The smallest absolute Gasteiger partial charge is 0.237 e. The highest BCUT2D eigenvalue weighted by Gasteiger charge is 2.27. The van der Waals surface area contributed by atoms with Gasteiger partial charge in [0.2, 0.25) is 5.91 Å². The zero-order valence-electron chi connectivity index (χ0n) is 5.71. The Balaban J connectivity index is 2.37.